The van der Waals surface area contributed by atoms with Crippen LogP contribution in [-0.2, 0) is 4.79 Å². The predicted octanol–water partition coefficient (Wildman–Crippen LogP) is 0.719. The molecule has 0 aliphatic carbocycles. The minimum atomic E-state index is -0.425. The molecular weight excluding hydrogens is 172 g/mol. The van der Waals surface area contributed by atoms with Crippen molar-refractivity contribution >= 4 is 5.97 Å². The van der Waals surface area contributed by atoms with Gasteiger partial charge in [0.15, 0.2) is 0 Å². The van der Waals surface area contributed by atoms with Gasteiger partial charge in [0.25, 0.3) is 5.88 Å². The Labute approximate surface area is 75.7 Å². The molecule has 0 fully saturated rings. The van der Waals surface area contributed by atoms with Crippen LogP contribution in [0, 0.1) is 6.92 Å². The number of nitrogens with zero attached hydrogens (tertiary/aromatic N) is 2. The van der Waals surface area contributed by atoms with Gasteiger partial charge >= 0.3 is 5.97 Å². The van der Waals surface area contributed by atoms with Crippen molar-refractivity contribution in [1.82, 2.24) is 9.97 Å². The number of hydrogen-bond donors (Lipinski definition) is 0. The second kappa shape index (κ2) is 3.84. The van der Waals surface area contributed by atoms with Crippen molar-refractivity contribution in [3.8, 4) is 11.6 Å². The maximum Gasteiger partial charge on any atom is 0.308 e. The van der Waals surface area contributed by atoms with Gasteiger partial charge in [0, 0.05) is 6.92 Å². The van der Waals surface area contributed by atoms with Crippen LogP contribution in [0.3, 0.4) is 0 Å². The molecule has 70 valence electrons. The fourth-order valence-electron chi connectivity index (χ4n) is 0.809. The summed E-state index contributed by atoms with van der Waals surface area (Å²) in [6.07, 6.45) is 1.41. The molecule has 0 aliphatic rings. The molecule has 0 aromatic carbocycles. The summed E-state index contributed by atoms with van der Waals surface area (Å²) in [6.45, 7) is 3.03. The summed E-state index contributed by atoms with van der Waals surface area (Å²) in [7, 11) is 1.45. The molecule has 1 heterocycles. The Bertz CT molecular complexity index is 325. The largest absolute Gasteiger partial charge is 0.478 e. The number of carbonyl (C=O) groups excluding carboxylic acids is 1. The lowest BCUT2D eigenvalue weighted by Gasteiger charge is -2.05. The lowest BCUT2D eigenvalue weighted by Crippen LogP contribution is -2.05. The van der Waals surface area contributed by atoms with Crippen molar-refractivity contribution < 1.29 is 14.3 Å². The number of aryl methyl sites for hydroxylation is 1. The molecule has 0 spiro atoms. The van der Waals surface area contributed by atoms with E-state index in [0.29, 0.717) is 5.82 Å². The first-order valence-corrected chi connectivity index (χ1v) is 3.69. The van der Waals surface area contributed by atoms with Gasteiger partial charge in [-0.3, -0.25) is 4.79 Å². The van der Waals surface area contributed by atoms with Crippen molar-refractivity contribution in [3.05, 3.63) is 12.0 Å². The monoisotopic (exact) mass is 182 g/mol. The fourth-order valence-corrected chi connectivity index (χ4v) is 0.809. The highest BCUT2D eigenvalue weighted by Gasteiger charge is 2.08. The summed E-state index contributed by atoms with van der Waals surface area (Å²) in [4.78, 5) is 18.4. The first-order chi connectivity index (χ1) is 6.13. The zero-order chi connectivity index (χ0) is 9.84. The third kappa shape index (κ3) is 2.40. The number of rotatable bonds is 2. The van der Waals surface area contributed by atoms with Crippen LogP contribution in [0.4, 0.5) is 0 Å². The standard InChI is InChI=1S/C8H10N2O3/c1-5-9-4-7(13-6(2)11)8(10-5)12-3/h4H,1-3H3. The quantitative estimate of drug-likeness (QED) is 0.630. The van der Waals surface area contributed by atoms with E-state index >= 15 is 0 Å². The van der Waals surface area contributed by atoms with Crippen LogP contribution < -0.4 is 9.47 Å². The van der Waals surface area contributed by atoms with Gasteiger partial charge in [-0.15, -0.1) is 0 Å². The molecule has 0 saturated heterocycles. The molecule has 0 amide bonds. The minimum Gasteiger partial charge on any atom is -0.478 e. The van der Waals surface area contributed by atoms with Gasteiger partial charge in [0.2, 0.25) is 5.75 Å². The average molecular weight is 182 g/mol. The molecule has 0 aliphatic heterocycles. The van der Waals surface area contributed by atoms with Crippen LogP contribution in [0.15, 0.2) is 6.20 Å². The normalized spacial score (nSPS) is 9.46. The van der Waals surface area contributed by atoms with E-state index in [-0.39, 0.29) is 11.6 Å². The van der Waals surface area contributed by atoms with Gasteiger partial charge in [-0.25, -0.2) is 4.98 Å². The predicted molar refractivity (Wildman–Crippen MR) is 44.6 cm³/mol. The third-order valence-electron chi connectivity index (χ3n) is 1.29. The molecule has 5 heteroatoms. The maximum atomic E-state index is 10.6. The number of hydrogen-bond acceptors (Lipinski definition) is 5. The molecule has 5 nitrogen and oxygen atoms in total. The SMILES string of the molecule is COc1nc(C)ncc1OC(C)=O. The van der Waals surface area contributed by atoms with Crippen LogP contribution in [-0.4, -0.2) is 23.0 Å². The molecule has 0 saturated carbocycles. The number of esters is 1. The second-order valence-electron chi connectivity index (χ2n) is 2.38. The van der Waals surface area contributed by atoms with E-state index in [1.807, 2.05) is 0 Å². The van der Waals surface area contributed by atoms with E-state index in [4.69, 9.17) is 9.47 Å². The van der Waals surface area contributed by atoms with E-state index in [1.165, 1.54) is 20.2 Å². The Morgan fingerprint density at radius 3 is 2.77 bits per heavy atom. The number of ether oxygens (including phenoxy) is 2. The Morgan fingerprint density at radius 2 is 2.23 bits per heavy atom. The van der Waals surface area contributed by atoms with Gasteiger partial charge in [-0.05, 0) is 6.92 Å². The van der Waals surface area contributed by atoms with E-state index in [2.05, 4.69) is 9.97 Å². The molecule has 0 N–H and O–H groups in total. The number of aromatic nitrogens is 2. The zero-order valence-electron chi connectivity index (χ0n) is 7.70. The fraction of sp³-hybridized carbons (Fsp3) is 0.375. The lowest BCUT2D eigenvalue weighted by atomic mass is 10.5. The highest BCUT2D eigenvalue weighted by atomic mass is 16.6. The van der Waals surface area contributed by atoms with E-state index < -0.39 is 5.97 Å². The lowest BCUT2D eigenvalue weighted by molar-refractivity contribution is -0.132. The van der Waals surface area contributed by atoms with E-state index in [1.54, 1.807) is 6.92 Å². The van der Waals surface area contributed by atoms with Crippen LogP contribution >= 0.6 is 0 Å². The summed E-state index contributed by atoms with van der Waals surface area (Å²) in [5.41, 5.74) is 0. The summed E-state index contributed by atoms with van der Waals surface area (Å²) in [5.74, 6) is 0.641. The first-order valence-electron chi connectivity index (χ1n) is 3.69. The van der Waals surface area contributed by atoms with Gasteiger partial charge < -0.3 is 9.47 Å². The van der Waals surface area contributed by atoms with Gasteiger partial charge in [-0.1, -0.05) is 0 Å². The van der Waals surface area contributed by atoms with Crippen LogP contribution in [0.2, 0.25) is 0 Å². The summed E-state index contributed by atoms with van der Waals surface area (Å²) in [5, 5.41) is 0. The zero-order valence-corrected chi connectivity index (χ0v) is 7.70. The molecule has 0 radical (unpaired) electrons. The smallest absolute Gasteiger partial charge is 0.308 e. The van der Waals surface area contributed by atoms with Crippen LogP contribution in [0.1, 0.15) is 12.7 Å². The number of methoxy groups -OCH3 is 1. The van der Waals surface area contributed by atoms with Crippen molar-refractivity contribution in [2.45, 2.75) is 13.8 Å². The highest BCUT2D eigenvalue weighted by Crippen LogP contribution is 2.22. The molecule has 0 bridgehead atoms. The van der Waals surface area contributed by atoms with E-state index in [0.717, 1.165) is 0 Å². The van der Waals surface area contributed by atoms with Crippen molar-refractivity contribution in [3.63, 3.8) is 0 Å². The van der Waals surface area contributed by atoms with Crippen LogP contribution in [0.5, 0.6) is 11.6 Å². The summed E-state index contributed by atoms with van der Waals surface area (Å²) >= 11 is 0. The molecular formula is C8H10N2O3. The molecule has 1 aromatic rings. The molecule has 0 atom stereocenters. The maximum absolute atomic E-state index is 10.6. The van der Waals surface area contributed by atoms with Gasteiger partial charge in [0.05, 0.1) is 13.3 Å². The Morgan fingerprint density at radius 1 is 1.54 bits per heavy atom. The average Bonchev–Trinajstić information content (AvgIpc) is 2.07. The number of carbonyl (C=O) groups is 1. The van der Waals surface area contributed by atoms with Gasteiger partial charge in [0.1, 0.15) is 5.82 Å². The molecule has 0 unspecified atom stereocenters. The van der Waals surface area contributed by atoms with Crippen molar-refractivity contribution in [1.29, 1.82) is 0 Å². The van der Waals surface area contributed by atoms with Gasteiger partial charge in [-0.2, -0.15) is 4.98 Å². The van der Waals surface area contributed by atoms with E-state index in [9.17, 15) is 4.79 Å². The van der Waals surface area contributed by atoms with Crippen molar-refractivity contribution in [2.75, 3.05) is 7.11 Å². The third-order valence-corrected chi connectivity index (χ3v) is 1.29. The minimum absolute atomic E-state index is 0.237. The Kier molecular flexibility index (Phi) is 2.79. The second-order valence-corrected chi connectivity index (χ2v) is 2.38. The Balaban J connectivity index is 2.99. The summed E-state index contributed by atoms with van der Waals surface area (Å²) in [6, 6.07) is 0. The molecule has 13 heavy (non-hydrogen) atoms. The Hall–Kier alpha value is -1.65. The first kappa shape index (κ1) is 9.44. The highest BCUT2D eigenvalue weighted by molar-refractivity contribution is 5.69. The van der Waals surface area contributed by atoms with Crippen LogP contribution in [0.25, 0.3) is 0 Å². The topological polar surface area (TPSA) is 61.3 Å². The molecule has 1 rings (SSSR count). The molecule has 1 aromatic heterocycles. The van der Waals surface area contributed by atoms with Crippen molar-refractivity contribution in [2.24, 2.45) is 0 Å². The summed E-state index contributed by atoms with van der Waals surface area (Å²) < 4.78 is 9.70.